The Hall–Kier alpha value is -0.570. The van der Waals surface area contributed by atoms with Gasteiger partial charge in [0, 0.05) is 6.04 Å². The van der Waals surface area contributed by atoms with Crippen molar-refractivity contribution >= 4 is 5.97 Å². The van der Waals surface area contributed by atoms with Crippen molar-refractivity contribution in [2.75, 3.05) is 0 Å². The molecule has 2 aliphatic rings. The summed E-state index contributed by atoms with van der Waals surface area (Å²) in [5, 5.41) is 3.45. The molecule has 0 aromatic rings. The highest BCUT2D eigenvalue weighted by atomic mass is 16.6. The van der Waals surface area contributed by atoms with Crippen LogP contribution in [0.1, 0.15) is 52.9 Å². The number of nitrogens with one attached hydrogen (secondary N) is 1. The number of fused-ring (bicyclic) bond motifs is 2. The fraction of sp³-hybridized carbons (Fsp3) is 0.917. The smallest absolute Gasteiger partial charge is 0.326 e. The van der Waals surface area contributed by atoms with E-state index in [2.05, 4.69) is 5.32 Å². The second kappa shape index (κ2) is 3.48. The van der Waals surface area contributed by atoms with Gasteiger partial charge < -0.3 is 4.74 Å². The average molecular weight is 211 g/mol. The number of hydrogen-bond acceptors (Lipinski definition) is 3. The molecule has 0 aromatic heterocycles. The summed E-state index contributed by atoms with van der Waals surface area (Å²) in [5.74, 6) is -0.0443. The summed E-state index contributed by atoms with van der Waals surface area (Å²) in [5.41, 5.74) is -0.723. The Kier molecular flexibility index (Phi) is 2.53. The summed E-state index contributed by atoms with van der Waals surface area (Å²) >= 11 is 0. The lowest BCUT2D eigenvalue weighted by atomic mass is 9.90. The van der Waals surface area contributed by atoms with E-state index in [9.17, 15) is 4.79 Å². The highest BCUT2D eigenvalue weighted by Crippen LogP contribution is 2.37. The normalized spacial score (nSPS) is 35.3. The van der Waals surface area contributed by atoms with E-state index in [1.165, 1.54) is 6.42 Å². The minimum Gasteiger partial charge on any atom is -0.459 e. The Morgan fingerprint density at radius 1 is 1.33 bits per heavy atom. The molecule has 2 heterocycles. The highest BCUT2D eigenvalue weighted by molar-refractivity contribution is 5.82. The van der Waals surface area contributed by atoms with Crippen molar-refractivity contribution in [3.05, 3.63) is 0 Å². The van der Waals surface area contributed by atoms with Crippen molar-refractivity contribution in [3.63, 3.8) is 0 Å². The van der Waals surface area contributed by atoms with E-state index in [0.29, 0.717) is 6.04 Å². The van der Waals surface area contributed by atoms with Gasteiger partial charge in [0.15, 0.2) is 0 Å². The van der Waals surface area contributed by atoms with Gasteiger partial charge in [-0.1, -0.05) is 0 Å². The van der Waals surface area contributed by atoms with Crippen LogP contribution in [0.4, 0.5) is 0 Å². The summed E-state index contributed by atoms with van der Waals surface area (Å²) in [4.78, 5) is 12.1. The minimum atomic E-state index is -0.372. The van der Waals surface area contributed by atoms with Crippen molar-refractivity contribution in [2.24, 2.45) is 0 Å². The first-order valence-corrected chi connectivity index (χ1v) is 5.92. The summed E-state index contributed by atoms with van der Waals surface area (Å²) in [6.45, 7) is 5.78. The molecule has 2 fully saturated rings. The number of ether oxygens (including phenoxy) is 1. The van der Waals surface area contributed by atoms with E-state index in [0.717, 1.165) is 25.7 Å². The Balaban J connectivity index is 2.06. The van der Waals surface area contributed by atoms with E-state index in [4.69, 9.17) is 4.74 Å². The van der Waals surface area contributed by atoms with E-state index < -0.39 is 0 Å². The van der Waals surface area contributed by atoms with Crippen LogP contribution >= 0.6 is 0 Å². The summed E-state index contributed by atoms with van der Waals surface area (Å²) in [7, 11) is 0. The van der Waals surface area contributed by atoms with Crippen LogP contribution in [0, 0.1) is 0 Å². The molecule has 2 atom stereocenters. The van der Waals surface area contributed by atoms with Gasteiger partial charge in [-0.05, 0) is 52.9 Å². The molecule has 3 nitrogen and oxygen atoms in total. The van der Waals surface area contributed by atoms with Gasteiger partial charge in [0.1, 0.15) is 11.1 Å². The van der Waals surface area contributed by atoms with Crippen molar-refractivity contribution in [1.82, 2.24) is 5.32 Å². The van der Waals surface area contributed by atoms with E-state index in [-0.39, 0.29) is 17.1 Å². The third kappa shape index (κ3) is 2.17. The quantitative estimate of drug-likeness (QED) is 0.674. The van der Waals surface area contributed by atoms with Gasteiger partial charge in [0.2, 0.25) is 0 Å². The lowest BCUT2D eigenvalue weighted by molar-refractivity contribution is -0.163. The van der Waals surface area contributed by atoms with Crippen molar-refractivity contribution < 1.29 is 9.53 Å². The Labute approximate surface area is 91.6 Å². The van der Waals surface area contributed by atoms with Gasteiger partial charge >= 0.3 is 5.97 Å². The molecule has 0 spiro atoms. The van der Waals surface area contributed by atoms with Gasteiger partial charge in [-0.15, -0.1) is 0 Å². The standard InChI is InChI=1S/C12H21NO2/c1-11(2,3)15-10(14)12-7-4-5-9(13-12)6-8-12/h9,13H,4-8H2,1-3H3. The zero-order valence-corrected chi connectivity index (χ0v) is 9.93. The molecule has 0 amide bonds. The molecule has 2 rings (SSSR count). The fourth-order valence-electron chi connectivity index (χ4n) is 2.66. The first-order valence-electron chi connectivity index (χ1n) is 5.92. The van der Waals surface area contributed by atoms with E-state index in [1.807, 2.05) is 20.8 Å². The molecule has 1 N–H and O–H groups in total. The van der Waals surface area contributed by atoms with E-state index >= 15 is 0 Å². The molecular weight excluding hydrogens is 190 g/mol. The largest absolute Gasteiger partial charge is 0.459 e. The second-order valence-corrected chi connectivity index (χ2v) is 5.86. The zero-order valence-electron chi connectivity index (χ0n) is 9.93. The molecule has 3 heteroatoms. The number of carbonyl (C=O) groups excluding carboxylic acids is 1. The first-order chi connectivity index (χ1) is 6.91. The summed E-state index contributed by atoms with van der Waals surface area (Å²) in [6.07, 6.45) is 5.38. The number of hydrogen-bond donors (Lipinski definition) is 1. The SMILES string of the molecule is CC(C)(C)OC(=O)C12CCCC(CC1)N2. The third-order valence-corrected chi connectivity index (χ3v) is 3.35. The minimum absolute atomic E-state index is 0.0443. The van der Waals surface area contributed by atoms with Crippen LogP contribution in [0.25, 0.3) is 0 Å². The Bertz CT molecular complexity index is 265. The summed E-state index contributed by atoms with van der Waals surface area (Å²) < 4.78 is 5.50. The summed E-state index contributed by atoms with van der Waals surface area (Å²) in [6, 6.07) is 0.547. The van der Waals surface area contributed by atoms with Crippen LogP contribution in [0.3, 0.4) is 0 Å². The maximum Gasteiger partial charge on any atom is 0.326 e. The average Bonchev–Trinajstić information content (AvgIpc) is 2.41. The molecule has 2 aliphatic heterocycles. The molecule has 0 aliphatic carbocycles. The van der Waals surface area contributed by atoms with Crippen molar-refractivity contribution in [2.45, 2.75) is 70.1 Å². The number of piperidine rings is 1. The highest BCUT2D eigenvalue weighted by Gasteiger charge is 2.48. The molecular formula is C12H21NO2. The predicted octanol–water partition coefficient (Wildman–Crippen LogP) is 2.00. The number of carbonyl (C=O) groups is 1. The molecule has 2 saturated heterocycles. The van der Waals surface area contributed by atoms with Crippen LogP contribution in [0.5, 0.6) is 0 Å². The first kappa shape index (κ1) is 10.9. The maximum atomic E-state index is 12.1. The van der Waals surface area contributed by atoms with Gasteiger partial charge in [0.25, 0.3) is 0 Å². The van der Waals surface area contributed by atoms with Gasteiger partial charge in [-0.25, -0.2) is 0 Å². The van der Waals surface area contributed by atoms with E-state index in [1.54, 1.807) is 0 Å². The van der Waals surface area contributed by atoms with Crippen molar-refractivity contribution in [3.8, 4) is 0 Å². The van der Waals surface area contributed by atoms with Gasteiger partial charge in [0.05, 0.1) is 0 Å². The van der Waals surface area contributed by atoms with Crippen LogP contribution in [0.15, 0.2) is 0 Å². The molecule has 0 saturated carbocycles. The van der Waals surface area contributed by atoms with Crippen LogP contribution in [-0.4, -0.2) is 23.2 Å². The Morgan fingerprint density at radius 2 is 2.07 bits per heavy atom. The predicted molar refractivity (Wildman–Crippen MR) is 58.6 cm³/mol. The fourth-order valence-corrected chi connectivity index (χ4v) is 2.66. The lowest BCUT2D eigenvalue weighted by Crippen LogP contribution is -2.54. The second-order valence-electron chi connectivity index (χ2n) is 5.86. The molecule has 0 aromatic carbocycles. The van der Waals surface area contributed by atoms with Crippen LogP contribution in [-0.2, 0) is 9.53 Å². The number of esters is 1. The molecule has 15 heavy (non-hydrogen) atoms. The topological polar surface area (TPSA) is 38.3 Å². The van der Waals surface area contributed by atoms with Gasteiger partial charge in [-0.2, -0.15) is 0 Å². The molecule has 86 valence electrons. The Morgan fingerprint density at radius 3 is 2.73 bits per heavy atom. The van der Waals surface area contributed by atoms with Crippen LogP contribution in [0.2, 0.25) is 0 Å². The van der Waals surface area contributed by atoms with Gasteiger partial charge in [-0.3, -0.25) is 10.1 Å². The molecule has 2 unspecified atom stereocenters. The zero-order chi connectivity index (χ0) is 11.1. The van der Waals surface area contributed by atoms with Crippen LogP contribution < -0.4 is 5.32 Å². The maximum absolute atomic E-state index is 12.1. The lowest BCUT2D eigenvalue weighted by Gasteiger charge is -2.34. The third-order valence-electron chi connectivity index (χ3n) is 3.35. The monoisotopic (exact) mass is 211 g/mol. The number of rotatable bonds is 1. The molecule has 2 bridgehead atoms. The molecule has 0 radical (unpaired) electrons. The van der Waals surface area contributed by atoms with Crippen molar-refractivity contribution in [1.29, 1.82) is 0 Å².